The molecule has 1 heteroatoms. The molecule has 0 aromatic heterocycles. The lowest BCUT2D eigenvalue weighted by molar-refractivity contribution is -0.0584. The fourth-order valence-corrected chi connectivity index (χ4v) is 5.52. The first kappa shape index (κ1) is 12.0. The zero-order valence-corrected chi connectivity index (χ0v) is 11.8. The van der Waals surface area contributed by atoms with Gasteiger partial charge in [-0.2, -0.15) is 0 Å². The minimum atomic E-state index is 0.820. The van der Waals surface area contributed by atoms with Gasteiger partial charge < -0.3 is 4.90 Å². The highest BCUT2D eigenvalue weighted by Crippen LogP contribution is 2.61. The first-order chi connectivity index (χ1) is 8.15. The van der Waals surface area contributed by atoms with Gasteiger partial charge in [0.2, 0.25) is 0 Å². The van der Waals surface area contributed by atoms with Crippen LogP contribution in [0.1, 0.15) is 57.8 Å². The molecule has 17 heavy (non-hydrogen) atoms. The minimum Gasteiger partial charge on any atom is -0.309 e. The highest BCUT2D eigenvalue weighted by atomic mass is 15.0. The van der Waals surface area contributed by atoms with E-state index in [-0.39, 0.29) is 0 Å². The molecule has 0 aliphatic heterocycles. The van der Waals surface area contributed by atoms with Gasteiger partial charge >= 0.3 is 0 Å². The number of hydrogen-bond acceptors (Lipinski definition) is 1. The average Bonchev–Trinajstić information content (AvgIpc) is 2.22. The summed E-state index contributed by atoms with van der Waals surface area (Å²) >= 11 is 0. The summed E-state index contributed by atoms with van der Waals surface area (Å²) in [5.41, 5.74) is 0.820. The molecule has 0 aromatic carbocycles. The zero-order valence-electron chi connectivity index (χ0n) is 11.8. The van der Waals surface area contributed by atoms with E-state index in [4.69, 9.17) is 0 Å². The Morgan fingerprint density at radius 3 is 1.88 bits per heavy atom. The van der Waals surface area contributed by atoms with E-state index in [9.17, 15) is 0 Å². The van der Waals surface area contributed by atoms with Gasteiger partial charge in [0.25, 0.3) is 0 Å². The van der Waals surface area contributed by atoms with Crippen molar-refractivity contribution in [3.63, 3.8) is 0 Å². The van der Waals surface area contributed by atoms with Crippen molar-refractivity contribution in [2.24, 2.45) is 23.2 Å². The predicted octanol–water partition coefficient (Wildman–Crippen LogP) is 3.93. The molecule has 4 saturated carbocycles. The van der Waals surface area contributed by atoms with Crippen LogP contribution in [-0.2, 0) is 0 Å². The molecule has 0 N–H and O–H groups in total. The molecule has 0 unspecified atom stereocenters. The standard InChI is InChI=1S/C16H29N/c1-17(2)6-4-3-5-16-10-13-7-14(11-16)9-15(8-13)12-16/h13-15H,3-12H2,1-2H3. The zero-order chi connectivity index (χ0) is 11.9. The first-order valence-electron chi connectivity index (χ1n) is 7.80. The molecule has 98 valence electrons. The highest BCUT2D eigenvalue weighted by molar-refractivity contribution is 5.01. The van der Waals surface area contributed by atoms with Gasteiger partial charge in [-0.1, -0.05) is 6.42 Å². The van der Waals surface area contributed by atoms with Crippen molar-refractivity contribution in [1.82, 2.24) is 4.90 Å². The van der Waals surface area contributed by atoms with Gasteiger partial charge in [0.15, 0.2) is 0 Å². The van der Waals surface area contributed by atoms with Crippen molar-refractivity contribution >= 4 is 0 Å². The van der Waals surface area contributed by atoms with Gasteiger partial charge in [-0.05, 0) is 95.2 Å². The summed E-state index contributed by atoms with van der Waals surface area (Å²) in [5.74, 6) is 3.40. The SMILES string of the molecule is CN(C)CCCCC12CC3CC(CC(C3)C1)C2. The molecule has 0 spiro atoms. The van der Waals surface area contributed by atoms with Gasteiger partial charge in [0.05, 0.1) is 0 Å². The molecular weight excluding hydrogens is 206 g/mol. The van der Waals surface area contributed by atoms with Crippen molar-refractivity contribution < 1.29 is 0 Å². The summed E-state index contributed by atoms with van der Waals surface area (Å²) in [6.07, 6.45) is 14.0. The third kappa shape index (κ3) is 2.54. The summed E-state index contributed by atoms with van der Waals surface area (Å²) in [6, 6.07) is 0. The smallest absolute Gasteiger partial charge is 0.00248 e. The lowest BCUT2D eigenvalue weighted by Crippen LogP contribution is -2.45. The van der Waals surface area contributed by atoms with E-state index < -0.39 is 0 Å². The van der Waals surface area contributed by atoms with Gasteiger partial charge in [-0.15, -0.1) is 0 Å². The number of rotatable bonds is 5. The summed E-state index contributed by atoms with van der Waals surface area (Å²) < 4.78 is 0. The largest absolute Gasteiger partial charge is 0.309 e. The van der Waals surface area contributed by atoms with E-state index in [1.807, 2.05) is 0 Å². The molecule has 0 heterocycles. The Labute approximate surface area is 107 Å². The maximum Gasteiger partial charge on any atom is -0.00248 e. The van der Waals surface area contributed by atoms with Gasteiger partial charge in [0, 0.05) is 0 Å². The van der Waals surface area contributed by atoms with Gasteiger partial charge in [0.1, 0.15) is 0 Å². The monoisotopic (exact) mass is 235 g/mol. The Kier molecular flexibility index (Phi) is 3.23. The van der Waals surface area contributed by atoms with Gasteiger partial charge in [-0.3, -0.25) is 0 Å². The Morgan fingerprint density at radius 2 is 1.41 bits per heavy atom. The maximum atomic E-state index is 2.33. The summed E-state index contributed by atoms with van der Waals surface area (Å²) in [7, 11) is 4.40. The molecule has 0 amide bonds. The fraction of sp³-hybridized carbons (Fsp3) is 1.00. The van der Waals surface area contributed by atoms with Crippen molar-refractivity contribution in [1.29, 1.82) is 0 Å². The van der Waals surface area contributed by atoms with Crippen LogP contribution in [0, 0.1) is 23.2 Å². The molecule has 4 aliphatic rings. The van der Waals surface area contributed by atoms with Crippen LogP contribution in [0.5, 0.6) is 0 Å². The van der Waals surface area contributed by atoms with Crippen LogP contribution in [-0.4, -0.2) is 25.5 Å². The molecule has 0 radical (unpaired) electrons. The molecule has 4 bridgehead atoms. The Hall–Kier alpha value is -0.0400. The Bertz CT molecular complexity index is 233. The van der Waals surface area contributed by atoms with E-state index in [0.717, 1.165) is 23.2 Å². The second-order valence-corrected chi connectivity index (χ2v) is 7.68. The number of unbranched alkanes of at least 4 members (excludes halogenated alkanes) is 1. The fourth-order valence-electron chi connectivity index (χ4n) is 5.52. The van der Waals surface area contributed by atoms with Crippen LogP contribution < -0.4 is 0 Å². The van der Waals surface area contributed by atoms with Crippen LogP contribution in [0.15, 0.2) is 0 Å². The summed E-state index contributed by atoms with van der Waals surface area (Å²) in [4.78, 5) is 2.33. The summed E-state index contributed by atoms with van der Waals surface area (Å²) in [6.45, 7) is 1.28. The van der Waals surface area contributed by atoms with Crippen LogP contribution in [0.4, 0.5) is 0 Å². The molecular formula is C16H29N. The Morgan fingerprint density at radius 1 is 0.882 bits per heavy atom. The second kappa shape index (κ2) is 4.57. The molecule has 4 fully saturated rings. The average molecular weight is 235 g/mol. The van der Waals surface area contributed by atoms with E-state index >= 15 is 0 Å². The predicted molar refractivity (Wildman–Crippen MR) is 73.0 cm³/mol. The van der Waals surface area contributed by atoms with Crippen LogP contribution in [0.3, 0.4) is 0 Å². The van der Waals surface area contributed by atoms with E-state index in [0.29, 0.717) is 0 Å². The quantitative estimate of drug-likeness (QED) is 0.653. The maximum absolute atomic E-state index is 2.33. The molecule has 0 aromatic rings. The normalized spacial score (nSPS) is 43.6. The topological polar surface area (TPSA) is 3.24 Å². The Balaban J connectivity index is 1.52. The van der Waals surface area contributed by atoms with Crippen molar-refractivity contribution in [2.75, 3.05) is 20.6 Å². The van der Waals surface area contributed by atoms with E-state index in [1.165, 1.54) is 19.4 Å². The van der Waals surface area contributed by atoms with Crippen LogP contribution in [0.25, 0.3) is 0 Å². The number of hydrogen-bond donors (Lipinski definition) is 0. The van der Waals surface area contributed by atoms with E-state index in [1.54, 1.807) is 44.9 Å². The lowest BCUT2D eigenvalue weighted by Gasteiger charge is -2.57. The van der Waals surface area contributed by atoms with Gasteiger partial charge in [-0.25, -0.2) is 0 Å². The lowest BCUT2D eigenvalue weighted by atomic mass is 9.48. The molecule has 4 aliphatic carbocycles. The summed E-state index contributed by atoms with van der Waals surface area (Å²) in [5, 5.41) is 0. The van der Waals surface area contributed by atoms with Crippen LogP contribution >= 0.6 is 0 Å². The number of nitrogens with zero attached hydrogens (tertiary/aromatic N) is 1. The third-order valence-electron chi connectivity index (χ3n) is 5.73. The molecule has 4 rings (SSSR count). The highest BCUT2D eigenvalue weighted by Gasteiger charge is 2.50. The molecule has 0 saturated heterocycles. The third-order valence-corrected chi connectivity index (χ3v) is 5.73. The molecule has 1 nitrogen and oxygen atoms in total. The van der Waals surface area contributed by atoms with Crippen molar-refractivity contribution in [3.05, 3.63) is 0 Å². The van der Waals surface area contributed by atoms with Crippen molar-refractivity contribution in [2.45, 2.75) is 57.8 Å². The van der Waals surface area contributed by atoms with E-state index in [2.05, 4.69) is 19.0 Å². The first-order valence-corrected chi connectivity index (χ1v) is 7.80. The second-order valence-electron chi connectivity index (χ2n) is 7.68. The molecule has 0 atom stereocenters. The minimum absolute atomic E-state index is 0.820. The van der Waals surface area contributed by atoms with Crippen LogP contribution in [0.2, 0.25) is 0 Å². The van der Waals surface area contributed by atoms with Crippen molar-refractivity contribution in [3.8, 4) is 0 Å².